The van der Waals surface area contributed by atoms with Gasteiger partial charge >= 0.3 is 0 Å². The van der Waals surface area contributed by atoms with Crippen LogP contribution in [-0.2, 0) is 22.3 Å². The molecular formula is C26H28N2O4S2. The van der Waals surface area contributed by atoms with Gasteiger partial charge in [0.25, 0.3) is 5.91 Å². The Labute approximate surface area is 205 Å². The number of sulfonamides is 1. The van der Waals surface area contributed by atoms with E-state index in [0.717, 1.165) is 17.1 Å². The molecule has 0 atom stereocenters. The first-order valence-electron chi connectivity index (χ1n) is 10.9. The van der Waals surface area contributed by atoms with Crippen LogP contribution in [0.4, 0.5) is 0 Å². The molecule has 0 aromatic heterocycles. The first-order chi connectivity index (χ1) is 16.2. The van der Waals surface area contributed by atoms with Crippen LogP contribution in [0.5, 0.6) is 0 Å². The van der Waals surface area contributed by atoms with Crippen LogP contribution >= 0.6 is 11.8 Å². The molecule has 3 aromatic carbocycles. The van der Waals surface area contributed by atoms with Crippen molar-refractivity contribution in [2.75, 3.05) is 12.3 Å². The lowest BCUT2D eigenvalue weighted by Gasteiger charge is -2.09. The van der Waals surface area contributed by atoms with Crippen LogP contribution in [0.3, 0.4) is 0 Å². The van der Waals surface area contributed by atoms with Gasteiger partial charge in [-0.15, -0.1) is 0 Å². The van der Waals surface area contributed by atoms with Gasteiger partial charge in [0, 0.05) is 35.7 Å². The number of carbonyl (C=O) groups excluding carboxylic acids is 2. The molecule has 8 heteroatoms. The molecule has 2 N–H and O–H groups in total. The van der Waals surface area contributed by atoms with E-state index >= 15 is 0 Å². The lowest BCUT2D eigenvalue weighted by molar-refractivity contribution is 0.0955. The molecule has 34 heavy (non-hydrogen) atoms. The summed E-state index contributed by atoms with van der Waals surface area (Å²) in [5.74, 6) is 1.43. The van der Waals surface area contributed by atoms with Crippen LogP contribution in [0.25, 0.3) is 0 Å². The van der Waals surface area contributed by atoms with Gasteiger partial charge in [-0.2, -0.15) is 11.8 Å². The third kappa shape index (κ3) is 7.55. The zero-order valence-corrected chi connectivity index (χ0v) is 20.8. The molecule has 0 spiro atoms. The lowest BCUT2D eigenvalue weighted by atomic mass is 10.1. The summed E-state index contributed by atoms with van der Waals surface area (Å²) in [7, 11) is -3.71. The summed E-state index contributed by atoms with van der Waals surface area (Å²) in [6, 6.07) is 21.0. The van der Waals surface area contributed by atoms with Gasteiger partial charge in [-0.3, -0.25) is 9.59 Å². The van der Waals surface area contributed by atoms with E-state index in [-0.39, 0.29) is 23.1 Å². The molecule has 3 aromatic rings. The van der Waals surface area contributed by atoms with Crippen molar-refractivity contribution >= 4 is 33.5 Å². The second-order valence-corrected chi connectivity index (χ2v) is 10.8. The molecular weight excluding hydrogens is 468 g/mol. The largest absolute Gasteiger partial charge is 0.351 e. The Morgan fingerprint density at radius 2 is 1.41 bits per heavy atom. The van der Waals surface area contributed by atoms with E-state index in [4.69, 9.17) is 0 Å². The van der Waals surface area contributed by atoms with Crippen molar-refractivity contribution in [3.8, 4) is 0 Å². The minimum absolute atomic E-state index is 0.0914. The van der Waals surface area contributed by atoms with Gasteiger partial charge in [0.05, 0.1) is 4.90 Å². The molecule has 0 bridgehead atoms. The van der Waals surface area contributed by atoms with E-state index in [9.17, 15) is 18.0 Å². The number of aryl methyl sites for hydroxylation is 1. The number of rotatable bonds is 11. The molecule has 0 aliphatic rings. The molecule has 0 heterocycles. The summed E-state index contributed by atoms with van der Waals surface area (Å²) in [5.41, 5.74) is 4.22. The smallest absolute Gasteiger partial charge is 0.251 e. The molecule has 3 rings (SSSR count). The van der Waals surface area contributed by atoms with Crippen molar-refractivity contribution in [3.63, 3.8) is 0 Å². The number of ketones is 1. The highest BCUT2D eigenvalue weighted by atomic mass is 32.2. The van der Waals surface area contributed by atoms with Crippen molar-refractivity contribution in [1.29, 1.82) is 0 Å². The fourth-order valence-corrected chi connectivity index (χ4v) is 4.95. The minimum Gasteiger partial charge on any atom is -0.351 e. The maximum Gasteiger partial charge on any atom is 0.251 e. The van der Waals surface area contributed by atoms with Crippen LogP contribution in [0.15, 0.2) is 77.7 Å². The topological polar surface area (TPSA) is 92.3 Å². The Hall–Kier alpha value is -2.94. The molecule has 0 unspecified atom stereocenters. The van der Waals surface area contributed by atoms with Crippen molar-refractivity contribution in [2.24, 2.45) is 0 Å². The van der Waals surface area contributed by atoms with E-state index in [2.05, 4.69) is 41.2 Å². The van der Waals surface area contributed by atoms with E-state index in [1.54, 1.807) is 36.0 Å². The summed E-state index contributed by atoms with van der Waals surface area (Å²) in [4.78, 5) is 23.8. The van der Waals surface area contributed by atoms with Crippen molar-refractivity contribution in [2.45, 2.75) is 31.0 Å². The van der Waals surface area contributed by atoms with Gasteiger partial charge in [-0.25, -0.2) is 13.1 Å². The highest BCUT2D eigenvalue weighted by Crippen LogP contribution is 2.14. The van der Waals surface area contributed by atoms with Gasteiger partial charge in [0.2, 0.25) is 10.0 Å². The van der Waals surface area contributed by atoms with Crippen molar-refractivity contribution < 1.29 is 18.0 Å². The molecule has 0 aliphatic heterocycles. The maximum atomic E-state index is 12.5. The van der Waals surface area contributed by atoms with E-state index in [0.29, 0.717) is 17.7 Å². The molecule has 0 saturated carbocycles. The number of carbonyl (C=O) groups is 2. The average molecular weight is 497 g/mol. The second-order valence-electron chi connectivity index (χ2n) is 7.90. The van der Waals surface area contributed by atoms with Crippen LogP contribution in [0.2, 0.25) is 0 Å². The average Bonchev–Trinajstić information content (AvgIpc) is 2.84. The fraction of sp³-hybridized carbons (Fsp3) is 0.231. The Morgan fingerprint density at radius 3 is 2.03 bits per heavy atom. The van der Waals surface area contributed by atoms with Gasteiger partial charge < -0.3 is 5.32 Å². The first-order valence-corrected chi connectivity index (χ1v) is 13.5. The number of benzene rings is 3. The first kappa shape index (κ1) is 25.7. The fourth-order valence-electron chi connectivity index (χ4n) is 3.12. The lowest BCUT2D eigenvalue weighted by Crippen LogP contribution is -2.26. The molecule has 6 nitrogen and oxygen atoms in total. The SMILES string of the molecule is CC(=O)c1ccc(S(=O)(=O)NCc2ccc(C(=O)NCCSCc3ccc(C)cc3)cc2)cc1. The molecule has 178 valence electrons. The monoisotopic (exact) mass is 496 g/mol. The zero-order chi connectivity index (χ0) is 24.6. The third-order valence-corrected chi connectivity index (χ3v) is 7.62. The maximum absolute atomic E-state index is 12.5. The summed E-state index contributed by atoms with van der Waals surface area (Å²) < 4.78 is 27.5. The Morgan fingerprint density at radius 1 is 0.824 bits per heavy atom. The summed E-state index contributed by atoms with van der Waals surface area (Å²) >= 11 is 1.76. The minimum atomic E-state index is -3.71. The van der Waals surface area contributed by atoms with Crippen molar-refractivity contribution in [1.82, 2.24) is 10.0 Å². The normalized spacial score (nSPS) is 11.2. The number of thioether (sulfide) groups is 1. The van der Waals surface area contributed by atoms with Crippen molar-refractivity contribution in [3.05, 3.63) is 101 Å². The Bertz CT molecular complexity index is 1220. The number of hydrogen-bond donors (Lipinski definition) is 2. The Balaban J connectivity index is 1.43. The van der Waals surface area contributed by atoms with E-state index in [1.807, 2.05) is 0 Å². The molecule has 0 saturated heterocycles. The summed E-state index contributed by atoms with van der Waals surface area (Å²) in [6.45, 7) is 4.15. The molecule has 0 fully saturated rings. The van der Waals surface area contributed by atoms with Crippen LogP contribution in [-0.4, -0.2) is 32.4 Å². The predicted octanol–water partition coefficient (Wildman–Crippen LogP) is 4.34. The standard InChI is InChI=1S/C26H28N2O4S2/c1-19-3-5-22(6-4-19)18-33-16-15-27-26(30)24-9-7-21(8-10-24)17-28-34(31,32)25-13-11-23(12-14-25)20(2)29/h3-14,28H,15-18H2,1-2H3,(H,27,30). The molecule has 1 amide bonds. The number of amides is 1. The summed E-state index contributed by atoms with van der Waals surface area (Å²) in [5, 5.41) is 2.91. The van der Waals surface area contributed by atoms with Gasteiger partial charge in [0.15, 0.2) is 5.78 Å². The van der Waals surface area contributed by atoms with E-state index in [1.165, 1.54) is 42.3 Å². The highest BCUT2D eigenvalue weighted by Gasteiger charge is 2.14. The highest BCUT2D eigenvalue weighted by molar-refractivity contribution is 7.98. The molecule has 0 radical (unpaired) electrons. The van der Waals surface area contributed by atoms with Crippen LogP contribution in [0, 0.1) is 6.92 Å². The van der Waals surface area contributed by atoms with Gasteiger partial charge in [-0.05, 0) is 49.2 Å². The number of nitrogens with one attached hydrogen (secondary N) is 2. The van der Waals surface area contributed by atoms with Gasteiger partial charge in [0.1, 0.15) is 0 Å². The quantitative estimate of drug-likeness (QED) is 0.304. The second kappa shape index (κ2) is 12.0. The summed E-state index contributed by atoms with van der Waals surface area (Å²) in [6.07, 6.45) is 0. The zero-order valence-electron chi connectivity index (χ0n) is 19.2. The van der Waals surface area contributed by atoms with E-state index < -0.39 is 10.0 Å². The molecule has 0 aliphatic carbocycles. The van der Waals surface area contributed by atoms with Crippen LogP contribution < -0.4 is 10.0 Å². The van der Waals surface area contributed by atoms with Gasteiger partial charge in [-0.1, -0.05) is 54.1 Å². The Kier molecular flexibility index (Phi) is 9.04. The third-order valence-electron chi connectivity index (χ3n) is 5.17. The number of hydrogen-bond acceptors (Lipinski definition) is 5. The number of Topliss-reactive ketones (excluding diaryl/α,β-unsaturated/α-hetero) is 1. The predicted molar refractivity (Wildman–Crippen MR) is 137 cm³/mol. The van der Waals surface area contributed by atoms with Crippen LogP contribution in [0.1, 0.15) is 44.3 Å².